The second kappa shape index (κ2) is 10.4. The molecule has 1 atom stereocenters. The van der Waals surface area contributed by atoms with Crippen molar-refractivity contribution < 1.29 is 14.3 Å². The Hall–Kier alpha value is -3.15. The van der Waals surface area contributed by atoms with E-state index in [2.05, 4.69) is 39.1 Å². The minimum atomic E-state index is -0.834. The average molecular weight is 509 g/mol. The summed E-state index contributed by atoms with van der Waals surface area (Å²) in [6.07, 6.45) is 2.40. The molecular weight excluding hydrogens is 490 g/mol. The Morgan fingerprint density at radius 1 is 0.969 bits per heavy atom. The van der Waals surface area contributed by atoms with Gasteiger partial charge in [0.15, 0.2) is 0 Å². The number of nitrogens with zero attached hydrogens (tertiary/aromatic N) is 1. The van der Waals surface area contributed by atoms with Gasteiger partial charge in [0.1, 0.15) is 18.6 Å². The maximum absolute atomic E-state index is 11.0. The van der Waals surface area contributed by atoms with Crippen molar-refractivity contribution in [2.75, 3.05) is 0 Å². The summed E-state index contributed by atoms with van der Waals surface area (Å²) in [4.78, 5) is 15.4. The second-order valence-electron chi connectivity index (χ2n) is 6.96. The van der Waals surface area contributed by atoms with Crippen molar-refractivity contribution >= 4 is 33.8 Å². The summed E-state index contributed by atoms with van der Waals surface area (Å²) >= 11 is 10.2. The average Bonchev–Trinajstić information content (AvgIpc) is 2.84. The zero-order valence-corrected chi connectivity index (χ0v) is 19.3. The van der Waals surface area contributed by atoms with Crippen LogP contribution in [0.3, 0.4) is 0 Å². The fourth-order valence-corrected chi connectivity index (χ4v) is 4.10. The van der Waals surface area contributed by atoms with Crippen molar-refractivity contribution in [1.82, 2.24) is 4.98 Å². The molecule has 3 aromatic carbocycles. The van der Waals surface area contributed by atoms with Crippen LogP contribution in [0.2, 0.25) is 0 Å². The number of alkyl halides is 1. The van der Waals surface area contributed by atoms with E-state index in [-0.39, 0.29) is 0 Å². The van der Waals surface area contributed by atoms with Crippen LogP contribution >= 0.6 is 27.5 Å². The quantitative estimate of drug-likeness (QED) is 0.186. The normalized spacial score (nSPS) is 11.6. The first-order valence-corrected chi connectivity index (χ1v) is 11.1. The fraction of sp³-hybridized carbons (Fsp3) is 0.0769. The van der Waals surface area contributed by atoms with Crippen LogP contribution in [0.25, 0.3) is 11.1 Å². The lowest BCUT2D eigenvalue weighted by Gasteiger charge is -2.17. The number of benzene rings is 3. The highest BCUT2D eigenvalue weighted by atomic mass is 79.9. The first-order valence-electron chi connectivity index (χ1n) is 9.92. The van der Waals surface area contributed by atoms with E-state index in [1.54, 1.807) is 42.6 Å². The van der Waals surface area contributed by atoms with Crippen LogP contribution in [0.1, 0.15) is 27.0 Å². The van der Waals surface area contributed by atoms with Gasteiger partial charge in [0.25, 0.3) is 0 Å². The molecule has 32 heavy (non-hydrogen) atoms. The summed E-state index contributed by atoms with van der Waals surface area (Å²) in [5.41, 5.74) is 3.46. The zero-order valence-electron chi connectivity index (χ0n) is 16.9. The molecule has 0 radical (unpaired) electrons. The lowest BCUT2D eigenvalue weighted by Crippen LogP contribution is -2.07. The number of halogens is 2. The molecule has 4 rings (SSSR count). The fourth-order valence-electron chi connectivity index (χ4n) is 3.22. The van der Waals surface area contributed by atoms with E-state index >= 15 is 0 Å². The molecule has 1 heterocycles. The predicted octanol–water partition coefficient (Wildman–Crippen LogP) is 7.22. The van der Waals surface area contributed by atoms with E-state index in [9.17, 15) is 4.79 Å². The molecule has 1 aromatic heterocycles. The number of hydrogen-bond donors (Lipinski definition) is 0. The Balaban J connectivity index is 1.52. The molecule has 4 aromatic rings. The van der Waals surface area contributed by atoms with Gasteiger partial charge < -0.3 is 9.47 Å². The highest BCUT2D eigenvalue weighted by Gasteiger charge is 2.17. The standard InChI is InChI=1S/C26H19BrClNO3/c27-24-20(10-5-12-22(24)19-8-2-1-3-9-19)17-31-26-23(13-6-14-29-26)25(28)32-21-11-4-7-18(15-21)16-30/h1-16,25H,17H2. The minimum Gasteiger partial charge on any atom is -0.472 e. The van der Waals surface area contributed by atoms with Gasteiger partial charge in [-0.05, 0) is 51.3 Å². The van der Waals surface area contributed by atoms with Crippen LogP contribution in [-0.2, 0) is 6.61 Å². The molecule has 0 aliphatic heterocycles. The Morgan fingerprint density at radius 3 is 2.59 bits per heavy atom. The van der Waals surface area contributed by atoms with E-state index in [1.807, 2.05) is 30.3 Å². The van der Waals surface area contributed by atoms with Gasteiger partial charge in [-0.1, -0.05) is 72.3 Å². The monoisotopic (exact) mass is 507 g/mol. The van der Waals surface area contributed by atoms with Crippen molar-refractivity contribution in [1.29, 1.82) is 0 Å². The zero-order chi connectivity index (χ0) is 22.3. The molecule has 6 heteroatoms. The molecule has 4 nitrogen and oxygen atoms in total. The summed E-state index contributed by atoms with van der Waals surface area (Å²) in [7, 11) is 0. The molecule has 0 bridgehead atoms. The van der Waals surface area contributed by atoms with Crippen molar-refractivity contribution in [3.63, 3.8) is 0 Å². The van der Waals surface area contributed by atoms with Gasteiger partial charge in [-0.15, -0.1) is 0 Å². The van der Waals surface area contributed by atoms with E-state index in [4.69, 9.17) is 21.1 Å². The smallest absolute Gasteiger partial charge is 0.221 e. The summed E-state index contributed by atoms with van der Waals surface area (Å²) < 4.78 is 12.8. The molecule has 0 fully saturated rings. The van der Waals surface area contributed by atoms with Crippen molar-refractivity contribution in [3.05, 3.63) is 112 Å². The summed E-state index contributed by atoms with van der Waals surface area (Å²) in [6.45, 7) is 0.301. The third-order valence-electron chi connectivity index (χ3n) is 4.81. The Bertz CT molecular complexity index is 1220. The maximum Gasteiger partial charge on any atom is 0.221 e. The summed E-state index contributed by atoms with van der Waals surface area (Å²) in [6, 6.07) is 26.6. The highest BCUT2D eigenvalue weighted by Crippen LogP contribution is 2.34. The van der Waals surface area contributed by atoms with E-state index in [0.29, 0.717) is 29.4 Å². The topological polar surface area (TPSA) is 48.4 Å². The number of aldehydes is 1. The molecule has 0 amide bonds. The third-order valence-corrected chi connectivity index (χ3v) is 6.07. The molecule has 0 saturated heterocycles. The first-order chi connectivity index (χ1) is 15.7. The number of carbonyl (C=O) groups excluding carboxylic acids is 1. The first kappa shape index (κ1) is 22.1. The van der Waals surface area contributed by atoms with E-state index in [1.165, 1.54) is 0 Å². The molecule has 1 unspecified atom stereocenters. The minimum absolute atomic E-state index is 0.301. The van der Waals surface area contributed by atoms with Gasteiger partial charge in [0.05, 0.1) is 5.56 Å². The number of ether oxygens (including phenoxy) is 2. The van der Waals surface area contributed by atoms with E-state index in [0.717, 1.165) is 27.4 Å². The lowest BCUT2D eigenvalue weighted by atomic mass is 10.0. The number of hydrogen-bond acceptors (Lipinski definition) is 4. The predicted molar refractivity (Wildman–Crippen MR) is 129 cm³/mol. The maximum atomic E-state index is 11.0. The number of pyridine rings is 1. The van der Waals surface area contributed by atoms with Crippen LogP contribution in [-0.4, -0.2) is 11.3 Å². The third kappa shape index (κ3) is 5.18. The summed E-state index contributed by atoms with van der Waals surface area (Å²) in [5, 5.41) is 0. The molecule has 0 spiro atoms. The van der Waals surface area contributed by atoms with Crippen LogP contribution in [0.15, 0.2) is 95.6 Å². The number of rotatable bonds is 8. The molecule has 160 valence electrons. The van der Waals surface area contributed by atoms with Gasteiger partial charge >= 0.3 is 0 Å². The molecular formula is C26H19BrClNO3. The van der Waals surface area contributed by atoms with Gasteiger partial charge in [-0.25, -0.2) is 4.98 Å². The van der Waals surface area contributed by atoms with Gasteiger partial charge in [-0.3, -0.25) is 4.79 Å². The second-order valence-corrected chi connectivity index (χ2v) is 8.14. The Kier molecular flexibility index (Phi) is 7.20. The van der Waals surface area contributed by atoms with Gasteiger partial charge in [-0.2, -0.15) is 0 Å². The molecule has 0 N–H and O–H groups in total. The van der Waals surface area contributed by atoms with Crippen molar-refractivity contribution in [3.8, 4) is 22.8 Å². The van der Waals surface area contributed by atoms with Crippen LogP contribution in [0.5, 0.6) is 11.6 Å². The van der Waals surface area contributed by atoms with Crippen molar-refractivity contribution in [2.24, 2.45) is 0 Å². The van der Waals surface area contributed by atoms with Crippen LogP contribution in [0, 0.1) is 0 Å². The SMILES string of the molecule is O=Cc1cccc(OC(Cl)c2cccnc2OCc2cccc(-c3ccccc3)c2Br)c1. The number of aromatic nitrogens is 1. The summed E-state index contributed by atoms with van der Waals surface area (Å²) in [5.74, 6) is 0.874. The lowest BCUT2D eigenvalue weighted by molar-refractivity contribution is 0.112. The van der Waals surface area contributed by atoms with Gasteiger partial charge in [0, 0.05) is 21.8 Å². The van der Waals surface area contributed by atoms with Crippen LogP contribution in [0.4, 0.5) is 0 Å². The molecule has 0 aliphatic carbocycles. The number of carbonyl (C=O) groups is 1. The van der Waals surface area contributed by atoms with Gasteiger partial charge in [0.2, 0.25) is 11.4 Å². The van der Waals surface area contributed by atoms with Crippen molar-refractivity contribution in [2.45, 2.75) is 12.2 Å². The molecule has 0 saturated carbocycles. The van der Waals surface area contributed by atoms with Crippen LogP contribution < -0.4 is 9.47 Å². The van der Waals surface area contributed by atoms with E-state index < -0.39 is 5.56 Å². The Labute approximate surface area is 199 Å². The highest BCUT2D eigenvalue weighted by molar-refractivity contribution is 9.10. The largest absolute Gasteiger partial charge is 0.472 e. The Morgan fingerprint density at radius 2 is 1.78 bits per heavy atom. The molecule has 0 aliphatic rings.